The lowest BCUT2D eigenvalue weighted by atomic mass is 10.1. The minimum Gasteiger partial charge on any atom is -0.496 e. The first kappa shape index (κ1) is 24.3. The second kappa shape index (κ2) is 11.0. The third-order valence-corrected chi connectivity index (χ3v) is 6.14. The second-order valence-corrected chi connectivity index (χ2v) is 8.96. The van der Waals surface area contributed by atoms with Crippen LogP contribution in [-0.4, -0.2) is 64.7 Å². The number of carbonyl (C=O) groups is 2. The van der Waals surface area contributed by atoms with E-state index in [9.17, 15) is 9.59 Å². The third-order valence-electron chi connectivity index (χ3n) is 6.14. The Kier molecular flexibility index (Phi) is 7.65. The SMILES string of the molecule is COc1ccccc1-c1nn(Cc2ccccc2)cc1/C=C/C(=O)N1CCN(C(=O)C(C)C)CC1. The van der Waals surface area contributed by atoms with Gasteiger partial charge in [-0.25, -0.2) is 0 Å². The number of methoxy groups -OCH3 is 1. The molecule has 35 heavy (non-hydrogen) atoms. The van der Waals surface area contributed by atoms with Crippen molar-refractivity contribution >= 4 is 17.9 Å². The summed E-state index contributed by atoms with van der Waals surface area (Å²) in [7, 11) is 1.64. The monoisotopic (exact) mass is 472 g/mol. The zero-order chi connectivity index (χ0) is 24.8. The number of rotatable bonds is 7. The van der Waals surface area contributed by atoms with Gasteiger partial charge in [0.25, 0.3) is 0 Å². The summed E-state index contributed by atoms with van der Waals surface area (Å²) in [5.74, 6) is 0.769. The molecule has 2 aromatic carbocycles. The Morgan fingerprint density at radius 3 is 2.31 bits per heavy atom. The minimum atomic E-state index is -0.0663. The molecule has 1 saturated heterocycles. The van der Waals surface area contributed by atoms with E-state index in [0.29, 0.717) is 32.7 Å². The Morgan fingerprint density at radius 2 is 1.63 bits per heavy atom. The quantitative estimate of drug-likeness (QED) is 0.489. The molecule has 0 bridgehead atoms. The van der Waals surface area contributed by atoms with E-state index >= 15 is 0 Å². The van der Waals surface area contributed by atoms with Crippen LogP contribution in [0.4, 0.5) is 0 Å². The molecule has 0 radical (unpaired) electrons. The standard InChI is InChI=1S/C28H32N4O3/c1-21(2)28(34)31-17-15-30(16-18-31)26(33)14-13-23-20-32(19-22-9-5-4-6-10-22)29-27(23)24-11-7-8-12-25(24)35-3/h4-14,20-21H,15-19H2,1-3H3/b14-13+. The molecule has 1 aliphatic heterocycles. The van der Waals surface area contributed by atoms with E-state index in [0.717, 1.165) is 28.1 Å². The van der Waals surface area contributed by atoms with Crippen molar-refractivity contribution in [2.45, 2.75) is 20.4 Å². The topological polar surface area (TPSA) is 67.7 Å². The molecule has 2 amide bonds. The van der Waals surface area contributed by atoms with Gasteiger partial charge >= 0.3 is 0 Å². The van der Waals surface area contributed by atoms with Gasteiger partial charge in [0.2, 0.25) is 11.8 Å². The first-order valence-electron chi connectivity index (χ1n) is 12.0. The van der Waals surface area contributed by atoms with Crippen LogP contribution >= 0.6 is 0 Å². The zero-order valence-electron chi connectivity index (χ0n) is 20.6. The van der Waals surface area contributed by atoms with Gasteiger partial charge in [0.15, 0.2) is 0 Å². The number of hydrogen-bond donors (Lipinski definition) is 0. The Balaban J connectivity index is 1.55. The average molecular weight is 473 g/mol. The number of hydrogen-bond acceptors (Lipinski definition) is 4. The smallest absolute Gasteiger partial charge is 0.246 e. The number of aromatic nitrogens is 2. The average Bonchev–Trinajstić information content (AvgIpc) is 3.29. The molecule has 0 N–H and O–H groups in total. The number of amides is 2. The number of piperazine rings is 1. The van der Waals surface area contributed by atoms with Crippen LogP contribution in [0.2, 0.25) is 0 Å². The Bertz CT molecular complexity index is 1190. The van der Waals surface area contributed by atoms with E-state index in [2.05, 4.69) is 12.1 Å². The van der Waals surface area contributed by atoms with Crippen LogP contribution in [0.3, 0.4) is 0 Å². The van der Waals surface area contributed by atoms with Gasteiger partial charge in [-0.1, -0.05) is 56.3 Å². The van der Waals surface area contributed by atoms with Gasteiger partial charge in [0.1, 0.15) is 11.4 Å². The van der Waals surface area contributed by atoms with Crippen molar-refractivity contribution in [2.24, 2.45) is 5.92 Å². The van der Waals surface area contributed by atoms with Crippen LogP contribution in [0, 0.1) is 5.92 Å². The molecular formula is C28H32N4O3. The summed E-state index contributed by atoms with van der Waals surface area (Å²) < 4.78 is 7.45. The summed E-state index contributed by atoms with van der Waals surface area (Å²) in [4.78, 5) is 28.8. The number of benzene rings is 2. The Labute approximate surface area is 206 Å². The van der Waals surface area contributed by atoms with Gasteiger partial charge in [-0.15, -0.1) is 0 Å². The third kappa shape index (κ3) is 5.80. The summed E-state index contributed by atoms with van der Waals surface area (Å²) in [6.45, 7) is 6.63. The molecule has 3 aromatic rings. The van der Waals surface area contributed by atoms with Crippen molar-refractivity contribution in [3.63, 3.8) is 0 Å². The normalized spacial score (nSPS) is 14.1. The number of para-hydroxylation sites is 1. The lowest BCUT2D eigenvalue weighted by Gasteiger charge is -2.35. The molecule has 0 unspecified atom stereocenters. The fraction of sp³-hybridized carbons (Fsp3) is 0.321. The van der Waals surface area contributed by atoms with Gasteiger partial charge in [-0.3, -0.25) is 14.3 Å². The molecule has 0 spiro atoms. The fourth-order valence-corrected chi connectivity index (χ4v) is 4.24. The second-order valence-electron chi connectivity index (χ2n) is 8.96. The molecule has 182 valence electrons. The van der Waals surface area contributed by atoms with Gasteiger partial charge in [-0.05, 0) is 23.8 Å². The maximum atomic E-state index is 12.9. The lowest BCUT2D eigenvalue weighted by molar-refractivity contribution is -0.139. The molecule has 0 atom stereocenters. The summed E-state index contributed by atoms with van der Waals surface area (Å²) >= 11 is 0. The van der Waals surface area contributed by atoms with Gasteiger partial charge < -0.3 is 14.5 Å². The molecule has 4 rings (SSSR count). The van der Waals surface area contributed by atoms with E-state index in [1.54, 1.807) is 18.1 Å². The number of nitrogens with zero attached hydrogens (tertiary/aromatic N) is 4. The highest BCUT2D eigenvalue weighted by Crippen LogP contribution is 2.31. The molecular weight excluding hydrogens is 440 g/mol. The summed E-state index contributed by atoms with van der Waals surface area (Å²) in [5.41, 5.74) is 3.61. The van der Waals surface area contributed by atoms with E-state index in [1.807, 2.05) is 78.2 Å². The number of ether oxygens (including phenoxy) is 1. The molecule has 2 heterocycles. The van der Waals surface area contributed by atoms with Crippen molar-refractivity contribution in [1.82, 2.24) is 19.6 Å². The van der Waals surface area contributed by atoms with Crippen LogP contribution in [0.5, 0.6) is 5.75 Å². The minimum absolute atomic E-state index is 0.0297. The van der Waals surface area contributed by atoms with Gasteiger partial charge in [0, 0.05) is 55.5 Å². The summed E-state index contributed by atoms with van der Waals surface area (Å²) in [5, 5.41) is 4.84. The van der Waals surface area contributed by atoms with Crippen molar-refractivity contribution in [3.05, 3.63) is 78.0 Å². The molecule has 1 fully saturated rings. The van der Waals surface area contributed by atoms with Crippen molar-refractivity contribution < 1.29 is 14.3 Å². The first-order valence-corrected chi connectivity index (χ1v) is 12.0. The molecule has 1 aromatic heterocycles. The Morgan fingerprint density at radius 1 is 0.971 bits per heavy atom. The van der Waals surface area contributed by atoms with Crippen molar-refractivity contribution in [1.29, 1.82) is 0 Å². The highest BCUT2D eigenvalue weighted by molar-refractivity contribution is 5.93. The summed E-state index contributed by atoms with van der Waals surface area (Å²) in [6, 6.07) is 17.9. The number of carbonyl (C=O) groups excluding carboxylic acids is 2. The first-order chi connectivity index (χ1) is 17.0. The molecule has 1 aliphatic rings. The van der Waals surface area contributed by atoms with Gasteiger partial charge in [0.05, 0.1) is 13.7 Å². The van der Waals surface area contributed by atoms with E-state index in [4.69, 9.17) is 9.84 Å². The predicted octanol–water partition coefficient (Wildman–Crippen LogP) is 3.95. The molecule has 7 heteroatoms. The fourth-order valence-electron chi connectivity index (χ4n) is 4.24. The highest BCUT2D eigenvalue weighted by atomic mass is 16.5. The van der Waals surface area contributed by atoms with Crippen LogP contribution in [-0.2, 0) is 16.1 Å². The lowest BCUT2D eigenvalue weighted by Crippen LogP contribution is -2.51. The van der Waals surface area contributed by atoms with Crippen LogP contribution in [0.15, 0.2) is 66.9 Å². The maximum absolute atomic E-state index is 12.9. The predicted molar refractivity (Wildman–Crippen MR) is 137 cm³/mol. The van der Waals surface area contributed by atoms with E-state index in [-0.39, 0.29) is 17.7 Å². The zero-order valence-corrected chi connectivity index (χ0v) is 20.6. The van der Waals surface area contributed by atoms with E-state index in [1.165, 1.54) is 0 Å². The largest absolute Gasteiger partial charge is 0.496 e. The maximum Gasteiger partial charge on any atom is 0.246 e. The Hall–Kier alpha value is -3.87. The highest BCUT2D eigenvalue weighted by Gasteiger charge is 2.24. The molecule has 0 aliphatic carbocycles. The summed E-state index contributed by atoms with van der Waals surface area (Å²) in [6.07, 6.45) is 5.38. The van der Waals surface area contributed by atoms with Crippen molar-refractivity contribution in [3.8, 4) is 17.0 Å². The molecule has 0 saturated carbocycles. The molecule has 7 nitrogen and oxygen atoms in total. The van der Waals surface area contributed by atoms with Gasteiger partial charge in [-0.2, -0.15) is 5.10 Å². The van der Waals surface area contributed by atoms with E-state index < -0.39 is 0 Å². The van der Waals surface area contributed by atoms with Crippen LogP contribution in [0.25, 0.3) is 17.3 Å². The van der Waals surface area contributed by atoms with Crippen LogP contribution < -0.4 is 4.74 Å². The van der Waals surface area contributed by atoms with Crippen LogP contribution in [0.1, 0.15) is 25.0 Å². The van der Waals surface area contributed by atoms with Crippen molar-refractivity contribution in [2.75, 3.05) is 33.3 Å².